The molecular formula is C21H25ClN6O. The number of benzene rings is 2. The van der Waals surface area contributed by atoms with Crippen LogP contribution in [0.4, 0.5) is 0 Å². The van der Waals surface area contributed by atoms with E-state index in [-0.39, 0.29) is 30.3 Å². The van der Waals surface area contributed by atoms with E-state index >= 15 is 0 Å². The molecule has 3 aromatic rings. The third-order valence-corrected chi connectivity index (χ3v) is 5.41. The van der Waals surface area contributed by atoms with Crippen LogP contribution in [0.1, 0.15) is 28.9 Å². The first kappa shape index (κ1) is 21.0. The van der Waals surface area contributed by atoms with Crippen molar-refractivity contribution >= 4 is 18.3 Å². The van der Waals surface area contributed by atoms with E-state index < -0.39 is 6.04 Å². The Balaban J connectivity index is 0.00000240. The molecule has 7 nitrogen and oxygen atoms in total. The van der Waals surface area contributed by atoms with Gasteiger partial charge in [-0.3, -0.25) is 4.79 Å². The summed E-state index contributed by atoms with van der Waals surface area (Å²) >= 11 is 0. The van der Waals surface area contributed by atoms with Gasteiger partial charge in [0.1, 0.15) is 11.9 Å². The first-order valence-electron chi connectivity index (χ1n) is 9.51. The minimum absolute atomic E-state index is 0. The summed E-state index contributed by atoms with van der Waals surface area (Å²) in [7, 11) is 0. The topological polar surface area (TPSA) is 89.9 Å². The van der Waals surface area contributed by atoms with Gasteiger partial charge in [0.25, 0.3) is 0 Å². The summed E-state index contributed by atoms with van der Waals surface area (Å²) in [5.41, 5.74) is 8.64. The van der Waals surface area contributed by atoms with Gasteiger partial charge in [0.2, 0.25) is 5.91 Å². The Morgan fingerprint density at radius 3 is 2.38 bits per heavy atom. The number of halogens is 1. The van der Waals surface area contributed by atoms with E-state index in [4.69, 9.17) is 5.73 Å². The SMILES string of the molecule is Cc1nnnn1C(Cc1ccccc1)C(=O)N1C[C@@H](N)[C@H](c2ccccc2)C1.Cl. The van der Waals surface area contributed by atoms with E-state index in [0.717, 1.165) is 5.56 Å². The zero-order valence-electron chi connectivity index (χ0n) is 16.3. The van der Waals surface area contributed by atoms with Crippen molar-refractivity contribution in [2.24, 2.45) is 5.73 Å². The maximum atomic E-state index is 13.5. The lowest BCUT2D eigenvalue weighted by Gasteiger charge is -2.24. The van der Waals surface area contributed by atoms with Crippen LogP contribution in [0.15, 0.2) is 60.7 Å². The highest BCUT2D eigenvalue weighted by Crippen LogP contribution is 2.29. The summed E-state index contributed by atoms with van der Waals surface area (Å²) in [4.78, 5) is 15.3. The van der Waals surface area contributed by atoms with Crippen molar-refractivity contribution in [2.45, 2.75) is 31.3 Å². The number of rotatable bonds is 5. The molecular weight excluding hydrogens is 388 g/mol. The molecule has 0 aliphatic carbocycles. The molecule has 29 heavy (non-hydrogen) atoms. The first-order valence-corrected chi connectivity index (χ1v) is 9.51. The van der Waals surface area contributed by atoms with Gasteiger partial charge in [-0.15, -0.1) is 17.5 Å². The van der Waals surface area contributed by atoms with Crippen LogP contribution in [0.3, 0.4) is 0 Å². The Hall–Kier alpha value is -2.77. The van der Waals surface area contributed by atoms with Crippen LogP contribution in [-0.4, -0.2) is 50.1 Å². The predicted molar refractivity (Wildman–Crippen MR) is 113 cm³/mol. The highest BCUT2D eigenvalue weighted by molar-refractivity contribution is 5.85. The van der Waals surface area contributed by atoms with Crippen molar-refractivity contribution in [3.8, 4) is 0 Å². The van der Waals surface area contributed by atoms with Crippen LogP contribution in [0.5, 0.6) is 0 Å². The third-order valence-electron chi connectivity index (χ3n) is 5.41. The normalized spacial score (nSPS) is 19.6. The molecule has 1 unspecified atom stereocenters. The van der Waals surface area contributed by atoms with Crippen molar-refractivity contribution in [3.63, 3.8) is 0 Å². The maximum absolute atomic E-state index is 13.5. The zero-order valence-corrected chi connectivity index (χ0v) is 17.1. The Labute approximate surface area is 176 Å². The minimum atomic E-state index is -0.487. The van der Waals surface area contributed by atoms with Crippen LogP contribution >= 0.6 is 12.4 Å². The second kappa shape index (κ2) is 9.15. The summed E-state index contributed by atoms with van der Waals surface area (Å²) in [5.74, 6) is 0.767. The number of nitrogens with two attached hydrogens (primary N) is 1. The molecule has 2 heterocycles. The van der Waals surface area contributed by atoms with Gasteiger partial charge in [-0.1, -0.05) is 60.7 Å². The van der Waals surface area contributed by atoms with E-state index in [2.05, 4.69) is 27.7 Å². The molecule has 1 aliphatic rings. The zero-order chi connectivity index (χ0) is 19.5. The molecule has 3 atom stereocenters. The van der Waals surface area contributed by atoms with Gasteiger partial charge in [0.15, 0.2) is 0 Å². The van der Waals surface area contributed by atoms with E-state index in [1.54, 1.807) is 4.68 Å². The molecule has 1 aliphatic heterocycles. The van der Waals surface area contributed by atoms with Gasteiger partial charge in [-0.05, 0) is 28.5 Å². The molecule has 2 aromatic carbocycles. The number of likely N-dealkylation sites (tertiary alicyclic amines) is 1. The van der Waals surface area contributed by atoms with Gasteiger partial charge >= 0.3 is 0 Å². The molecule has 0 spiro atoms. The van der Waals surface area contributed by atoms with E-state index in [9.17, 15) is 4.79 Å². The van der Waals surface area contributed by atoms with E-state index in [0.29, 0.717) is 25.3 Å². The number of hydrogen-bond donors (Lipinski definition) is 1. The van der Waals surface area contributed by atoms with E-state index in [1.807, 2.05) is 60.4 Å². The summed E-state index contributed by atoms with van der Waals surface area (Å²) in [6.45, 7) is 2.95. The quantitative estimate of drug-likeness (QED) is 0.693. The number of carbonyl (C=O) groups excluding carboxylic acids is 1. The first-order chi connectivity index (χ1) is 13.6. The molecule has 0 saturated carbocycles. The summed E-state index contributed by atoms with van der Waals surface area (Å²) in [6.07, 6.45) is 0.535. The fraction of sp³-hybridized carbons (Fsp3) is 0.333. The van der Waals surface area contributed by atoms with Crippen LogP contribution < -0.4 is 5.73 Å². The van der Waals surface area contributed by atoms with Crippen molar-refractivity contribution in [3.05, 3.63) is 77.6 Å². The second-order valence-corrected chi connectivity index (χ2v) is 7.30. The molecule has 1 aromatic heterocycles. The van der Waals surface area contributed by atoms with Crippen LogP contribution in [-0.2, 0) is 11.2 Å². The third kappa shape index (κ3) is 4.46. The Bertz CT molecular complexity index is 933. The molecule has 4 rings (SSSR count). The molecule has 0 radical (unpaired) electrons. The maximum Gasteiger partial charge on any atom is 0.248 e. The lowest BCUT2D eigenvalue weighted by molar-refractivity contribution is -0.134. The Kier molecular flexibility index (Phi) is 6.61. The molecule has 1 fully saturated rings. The van der Waals surface area contributed by atoms with Crippen molar-refractivity contribution in [1.82, 2.24) is 25.1 Å². The van der Waals surface area contributed by atoms with Crippen LogP contribution in [0, 0.1) is 6.92 Å². The number of aryl methyl sites for hydroxylation is 1. The number of amides is 1. The lowest BCUT2D eigenvalue weighted by atomic mass is 9.95. The minimum Gasteiger partial charge on any atom is -0.339 e. The number of carbonyl (C=O) groups is 1. The van der Waals surface area contributed by atoms with Gasteiger partial charge in [-0.2, -0.15) is 0 Å². The average molecular weight is 413 g/mol. The second-order valence-electron chi connectivity index (χ2n) is 7.30. The smallest absolute Gasteiger partial charge is 0.248 e. The van der Waals surface area contributed by atoms with Gasteiger partial charge in [-0.25, -0.2) is 4.68 Å². The molecule has 152 valence electrons. The largest absolute Gasteiger partial charge is 0.339 e. The van der Waals surface area contributed by atoms with Gasteiger partial charge in [0.05, 0.1) is 0 Å². The molecule has 1 amide bonds. The van der Waals surface area contributed by atoms with Gasteiger partial charge in [0, 0.05) is 31.5 Å². The molecule has 1 saturated heterocycles. The number of nitrogens with zero attached hydrogens (tertiary/aromatic N) is 5. The predicted octanol–water partition coefficient (Wildman–Crippen LogP) is 2.14. The number of aromatic nitrogens is 4. The van der Waals surface area contributed by atoms with Crippen LogP contribution in [0.25, 0.3) is 0 Å². The van der Waals surface area contributed by atoms with Crippen molar-refractivity contribution < 1.29 is 4.79 Å². The molecule has 8 heteroatoms. The van der Waals surface area contributed by atoms with E-state index in [1.165, 1.54) is 5.56 Å². The van der Waals surface area contributed by atoms with Crippen molar-refractivity contribution in [1.29, 1.82) is 0 Å². The summed E-state index contributed by atoms with van der Waals surface area (Å²) < 4.78 is 1.62. The number of tetrazole rings is 1. The average Bonchev–Trinajstić information content (AvgIpc) is 3.33. The molecule has 0 bridgehead atoms. The highest BCUT2D eigenvalue weighted by Gasteiger charge is 2.37. The van der Waals surface area contributed by atoms with Crippen LogP contribution in [0.2, 0.25) is 0 Å². The van der Waals surface area contributed by atoms with Crippen molar-refractivity contribution in [2.75, 3.05) is 13.1 Å². The Morgan fingerprint density at radius 2 is 1.76 bits per heavy atom. The molecule has 2 N–H and O–H groups in total. The lowest BCUT2D eigenvalue weighted by Crippen LogP contribution is -2.39. The summed E-state index contributed by atoms with van der Waals surface area (Å²) in [6, 6.07) is 19.5. The van der Waals surface area contributed by atoms with Gasteiger partial charge < -0.3 is 10.6 Å². The fourth-order valence-electron chi connectivity index (χ4n) is 3.91. The summed E-state index contributed by atoms with van der Waals surface area (Å²) in [5, 5.41) is 11.8. The standard InChI is InChI=1S/C21H24N6O.ClH/c1-15-23-24-25-27(15)20(12-16-8-4-2-5-9-16)21(28)26-13-18(19(22)14-26)17-10-6-3-7-11-17;/h2-11,18-20H,12-14,22H2,1H3;1H/t18-,19+,20?;/m0./s1. The number of hydrogen-bond acceptors (Lipinski definition) is 5. The monoisotopic (exact) mass is 412 g/mol. The highest BCUT2D eigenvalue weighted by atomic mass is 35.5. The Morgan fingerprint density at radius 1 is 1.10 bits per heavy atom. The fourth-order valence-corrected chi connectivity index (χ4v) is 3.91.